The Morgan fingerprint density at radius 1 is 1.05 bits per heavy atom. The third-order valence-corrected chi connectivity index (χ3v) is 3.42. The van der Waals surface area contributed by atoms with E-state index in [1.54, 1.807) is 0 Å². The number of aromatic nitrogens is 2. The van der Waals surface area contributed by atoms with E-state index in [1.807, 2.05) is 0 Å². The molecule has 0 aliphatic heterocycles. The maximum atomic E-state index is 13.5. The number of benzene rings is 1. The van der Waals surface area contributed by atoms with Gasteiger partial charge >= 0.3 is 6.18 Å². The summed E-state index contributed by atoms with van der Waals surface area (Å²) in [5.41, 5.74) is -1.08. The minimum atomic E-state index is -4.59. The molecule has 0 unspecified atom stereocenters. The number of nitrogens with one attached hydrogen (secondary N) is 1. The molecule has 1 aromatic carbocycles. The average Bonchev–Trinajstić information content (AvgIpc) is 2.45. The number of hydrogen-bond donors (Lipinski definition) is 1. The summed E-state index contributed by atoms with van der Waals surface area (Å²) in [5.74, 6) is 0. The molecule has 0 saturated heterocycles. The maximum Gasteiger partial charge on any atom is 0.417 e. The van der Waals surface area contributed by atoms with E-state index < -0.39 is 17.3 Å². The Morgan fingerprint density at radius 2 is 1.82 bits per heavy atom. The molecule has 0 aliphatic rings. The fourth-order valence-corrected chi connectivity index (χ4v) is 2.40. The van der Waals surface area contributed by atoms with Gasteiger partial charge in [0.2, 0.25) is 5.56 Å². The molecule has 3 aromatic rings. The van der Waals surface area contributed by atoms with Gasteiger partial charge in [-0.2, -0.15) is 13.2 Å². The van der Waals surface area contributed by atoms with E-state index in [-0.39, 0.29) is 22.2 Å². The molecule has 0 fully saturated rings. The zero-order valence-electron chi connectivity index (χ0n) is 10.9. The predicted molar refractivity (Wildman–Crippen MR) is 77.8 cm³/mol. The summed E-state index contributed by atoms with van der Waals surface area (Å²) in [6, 6.07) is 7.84. The minimum absolute atomic E-state index is 0.0660. The van der Waals surface area contributed by atoms with Gasteiger partial charge in [0.15, 0.2) is 0 Å². The van der Waals surface area contributed by atoms with Gasteiger partial charge in [0.05, 0.1) is 16.3 Å². The molecular weight excluding hydrogens is 317 g/mol. The third kappa shape index (κ3) is 2.57. The molecule has 112 valence electrons. The molecule has 0 bridgehead atoms. The van der Waals surface area contributed by atoms with Crippen LogP contribution in [0.2, 0.25) is 5.02 Å². The highest BCUT2D eigenvalue weighted by Crippen LogP contribution is 2.40. The SMILES string of the molecule is O=c1ccc2c(C(F)(F)F)c(-c3ccc(Cl)cn3)ccc2[nH]1. The first kappa shape index (κ1) is 14.6. The van der Waals surface area contributed by atoms with Crippen molar-refractivity contribution in [3.63, 3.8) is 0 Å². The number of H-pyrrole nitrogens is 1. The van der Waals surface area contributed by atoms with Crippen LogP contribution in [0.5, 0.6) is 0 Å². The van der Waals surface area contributed by atoms with Gasteiger partial charge in [-0.3, -0.25) is 9.78 Å². The number of aromatic amines is 1. The molecule has 3 nitrogen and oxygen atoms in total. The van der Waals surface area contributed by atoms with Gasteiger partial charge in [0, 0.05) is 28.7 Å². The summed E-state index contributed by atoms with van der Waals surface area (Å²) in [6.07, 6.45) is -3.30. The Morgan fingerprint density at radius 3 is 2.45 bits per heavy atom. The molecule has 0 atom stereocenters. The summed E-state index contributed by atoms with van der Waals surface area (Å²) < 4.78 is 40.5. The van der Waals surface area contributed by atoms with Crippen molar-refractivity contribution in [3.8, 4) is 11.3 Å². The summed E-state index contributed by atoms with van der Waals surface area (Å²) in [6.45, 7) is 0. The van der Waals surface area contributed by atoms with E-state index in [9.17, 15) is 18.0 Å². The van der Waals surface area contributed by atoms with Crippen molar-refractivity contribution >= 4 is 22.5 Å². The van der Waals surface area contributed by atoms with Crippen molar-refractivity contribution in [2.45, 2.75) is 6.18 Å². The van der Waals surface area contributed by atoms with Crippen molar-refractivity contribution < 1.29 is 13.2 Å². The zero-order chi connectivity index (χ0) is 15.9. The van der Waals surface area contributed by atoms with Crippen molar-refractivity contribution in [1.29, 1.82) is 0 Å². The van der Waals surface area contributed by atoms with E-state index in [2.05, 4.69) is 9.97 Å². The molecule has 0 radical (unpaired) electrons. The van der Waals surface area contributed by atoms with Crippen LogP contribution < -0.4 is 5.56 Å². The molecule has 1 N–H and O–H groups in total. The van der Waals surface area contributed by atoms with Gasteiger partial charge in [-0.15, -0.1) is 0 Å². The second-order valence-electron chi connectivity index (χ2n) is 4.63. The maximum absolute atomic E-state index is 13.5. The number of hydrogen-bond acceptors (Lipinski definition) is 2. The largest absolute Gasteiger partial charge is 0.417 e. The van der Waals surface area contributed by atoms with Gasteiger partial charge in [-0.05, 0) is 24.3 Å². The molecule has 0 amide bonds. The molecule has 0 aliphatic carbocycles. The quantitative estimate of drug-likeness (QED) is 0.727. The lowest BCUT2D eigenvalue weighted by atomic mass is 9.98. The number of pyridine rings is 2. The number of rotatable bonds is 1. The lowest BCUT2D eigenvalue weighted by Crippen LogP contribution is -2.11. The number of halogens is 4. The smallest absolute Gasteiger partial charge is 0.322 e. The topological polar surface area (TPSA) is 45.8 Å². The van der Waals surface area contributed by atoms with E-state index in [0.717, 1.165) is 12.1 Å². The first-order chi connectivity index (χ1) is 10.4. The van der Waals surface area contributed by atoms with Crippen LogP contribution in [0.1, 0.15) is 5.56 Å². The fraction of sp³-hybridized carbons (Fsp3) is 0.0667. The van der Waals surface area contributed by atoms with Gasteiger partial charge in [-0.25, -0.2) is 0 Å². The number of nitrogens with zero attached hydrogens (tertiary/aromatic N) is 1. The van der Waals surface area contributed by atoms with Gasteiger partial charge in [0.1, 0.15) is 0 Å². The molecule has 2 heterocycles. The van der Waals surface area contributed by atoms with Crippen molar-refractivity contribution in [3.05, 3.63) is 63.5 Å². The average molecular weight is 325 g/mol. The van der Waals surface area contributed by atoms with E-state index in [0.29, 0.717) is 5.02 Å². The van der Waals surface area contributed by atoms with Crippen LogP contribution in [-0.4, -0.2) is 9.97 Å². The van der Waals surface area contributed by atoms with E-state index in [4.69, 9.17) is 11.6 Å². The normalized spacial score (nSPS) is 11.8. The molecule has 22 heavy (non-hydrogen) atoms. The van der Waals surface area contributed by atoms with Crippen molar-refractivity contribution in [2.75, 3.05) is 0 Å². The highest BCUT2D eigenvalue weighted by Gasteiger charge is 2.36. The minimum Gasteiger partial charge on any atom is -0.322 e. The molecule has 3 rings (SSSR count). The Bertz CT molecular complexity index is 901. The highest BCUT2D eigenvalue weighted by molar-refractivity contribution is 6.30. The van der Waals surface area contributed by atoms with Crippen LogP contribution >= 0.6 is 11.6 Å². The molecule has 7 heteroatoms. The summed E-state index contributed by atoms with van der Waals surface area (Å²) in [4.78, 5) is 17.6. The Hall–Kier alpha value is -2.34. The Labute approximate surface area is 127 Å². The van der Waals surface area contributed by atoms with Crippen LogP contribution in [0.4, 0.5) is 13.2 Å². The first-order valence-corrected chi connectivity index (χ1v) is 6.59. The second kappa shape index (κ2) is 5.14. The molecule has 2 aromatic heterocycles. The van der Waals surface area contributed by atoms with Crippen LogP contribution in [0.3, 0.4) is 0 Å². The van der Waals surface area contributed by atoms with E-state index in [1.165, 1.54) is 30.5 Å². The third-order valence-electron chi connectivity index (χ3n) is 3.19. The number of alkyl halides is 3. The van der Waals surface area contributed by atoms with Gasteiger partial charge in [0.25, 0.3) is 0 Å². The van der Waals surface area contributed by atoms with Crippen LogP contribution in [0.15, 0.2) is 47.4 Å². The lowest BCUT2D eigenvalue weighted by molar-refractivity contribution is -0.135. The molecule has 0 spiro atoms. The Balaban J connectivity index is 2.37. The fourth-order valence-electron chi connectivity index (χ4n) is 2.29. The zero-order valence-corrected chi connectivity index (χ0v) is 11.7. The van der Waals surface area contributed by atoms with Crippen LogP contribution in [0, 0.1) is 0 Å². The summed E-state index contributed by atoms with van der Waals surface area (Å²) in [7, 11) is 0. The number of fused-ring (bicyclic) bond motifs is 1. The molecule has 0 saturated carbocycles. The second-order valence-corrected chi connectivity index (χ2v) is 5.07. The standard InChI is InChI=1S/C15H8ClF3N2O/c16-8-1-4-11(20-7-8)9-2-5-12-10(3-6-13(22)21-12)14(9)15(17,18)19/h1-7H,(H,21,22). The molecular formula is C15H8ClF3N2O. The predicted octanol–water partition coefficient (Wildman–Crippen LogP) is 4.26. The van der Waals surface area contributed by atoms with Crippen molar-refractivity contribution in [2.24, 2.45) is 0 Å². The van der Waals surface area contributed by atoms with Crippen LogP contribution in [-0.2, 0) is 6.18 Å². The van der Waals surface area contributed by atoms with Gasteiger partial charge < -0.3 is 4.98 Å². The summed E-state index contributed by atoms with van der Waals surface area (Å²) in [5, 5.41) is 0.253. The Kier molecular flexibility index (Phi) is 3.41. The summed E-state index contributed by atoms with van der Waals surface area (Å²) >= 11 is 5.72. The first-order valence-electron chi connectivity index (χ1n) is 6.21. The van der Waals surface area contributed by atoms with Gasteiger partial charge in [-0.1, -0.05) is 17.7 Å². The lowest BCUT2D eigenvalue weighted by Gasteiger charge is -2.15. The highest BCUT2D eigenvalue weighted by atomic mass is 35.5. The monoisotopic (exact) mass is 324 g/mol. The van der Waals surface area contributed by atoms with Crippen LogP contribution in [0.25, 0.3) is 22.2 Å². The van der Waals surface area contributed by atoms with E-state index >= 15 is 0 Å². The van der Waals surface area contributed by atoms with Crippen molar-refractivity contribution in [1.82, 2.24) is 9.97 Å².